The monoisotopic (exact) mass is 480 g/mol. The highest BCUT2D eigenvalue weighted by Crippen LogP contribution is 2.64. The Hall–Kier alpha value is -2.97. The predicted octanol–water partition coefficient (Wildman–Crippen LogP) is 2.88. The number of hydrogen-bond acceptors (Lipinski definition) is 6. The quantitative estimate of drug-likeness (QED) is 0.563. The summed E-state index contributed by atoms with van der Waals surface area (Å²) in [7, 11) is 0. The van der Waals surface area contributed by atoms with Crippen LogP contribution < -0.4 is 5.32 Å². The van der Waals surface area contributed by atoms with Gasteiger partial charge in [0, 0.05) is 18.8 Å². The molecule has 0 saturated carbocycles. The van der Waals surface area contributed by atoms with Gasteiger partial charge in [0.05, 0.1) is 18.1 Å². The zero-order valence-corrected chi connectivity index (χ0v) is 20.2. The number of carbonyl (C=O) groups excluding carboxylic acids is 3. The van der Waals surface area contributed by atoms with Crippen molar-refractivity contribution in [2.45, 2.75) is 56.8 Å². The van der Waals surface area contributed by atoms with E-state index in [-0.39, 0.29) is 31.6 Å². The van der Waals surface area contributed by atoms with Crippen molar-refractivity contribution in [2.24, 2.45) is 11.8 Å². The van der Waals surface area contributed by atoms with Gasteiger partial charge >= 0.3 is 5.97 Å². The summed E-state index contributed by atoms with van der Waals surface area (Å²) in [6, 6.07) is 12.7. The largest absolute Gasteiger partial charge is 0.466 e. The number of likely N-dealkylation sites (tertiary alicyclic amines) is 1. The maximum Gasteiger partial charge on any atom is 0.312 e. The molecule has 3 aliphatic heterocycles. The lowest BCUT2D eigenvalue weighted by Gasteiger charge is -2.33. The summed E-state index contributed by atoms with van der Waals surface area (Å²) in [6.45, 7) is 4.00. The van der Waals surface area contributed by atoms with Gasteiger partial charge in [-0.1, -0.05) is 37.3 Å². The van der Waals surface area contributed by atoms with Crippen LogP contribution in [0.4, 0.5) is 5.69 Å². The molecule has 3 fully saturated rings. The van der Waals surface area contributed by atoms with E-state index in [0.29, 0.717) is 31.4 Å². The molecular formula is C27H32N2O6. The Bertz CT molecular complexity index is 1170. The molecule has 186 valence electrons. The van der Waals surface area contributed by atoms with Gasteiger partial charge in [0.2, 0.25) is 11.8 Å². The number of esters is 1. The number of benzene rings is 2. The minimum atomic E-state index is -1.10. The molecule has 2 aromatic rings. The standard InChI is InChI=1S/C27H32N2O6/c1-3-26-12-13-27(35-26)20(21(26)25(33)34-4-2)24(32)29(14-7-15-30)22(27)23(31)28-19-11-10-17-8-5-6-9-18(17)16-19/h5-6,8-11,16,20-22,30H,3-4,7,12-15H2,1-2H3,(H,28,31)/t20-,21+,22?,26-,27?/m0/s1. The molecule has 3 aliphatic rings. The number of amides is 2. The van der Waals surface area contributed by atoms with Crippen LogP contribution in [0.1, 0.15) is 39.5 Å². The maximum absolute atomic E-state index is 13.8. The number of anilines is 1. The summed E-state index contributed by atoms with van der Waals surface area (Å²) >= 11 is 0. The number of aliphatic hydroxyl groups is 1. The van der Waals surface area contributed by atoms with E-state index in [1.807, 2.05) is 49.4 Å². The van der Waals surface area contributed by atoms with Gasteiger partial charge < -0.3 is 24.8 Å². The highest BCUT2D eigenvalue weighted by molar-refractivity contribution is 6.04. The van der Waals surface area contributed by atoms with Crippen molar-refractivity contribution in [2.75, 3.05) is 25.1 Å². The van der Waals surface area contributed by atoms with Crippen molar-refractivity contribution in [1.82, 2.24) is 4.90 Å². The fraction of sp³-hybridized carbons (Fsp3) is 0.519. The summed E-state index contributed by atoms with van der Waals surface area (Å²) in [5, 5.41) is 14.5. The number of nitrogens with zero attached hydrogens (tertiary/aromatic N) is 1. The van der Waals surface area contributed by atoms with Crippen LogP contribution in [0, 0.1) is 11.8 Å². The lowest BCUT2D eigenvalue weighted by Crippen LogP contribution is -2.53. The Balaban J connectivity index is 1.52. The molecule has 2 aromatic carbocycles. The summed E-state index contributed by atoms with van der Waals surface area (Å²) in [4.78, 5) is 42.2. The van der Waals surface area contributed by atoms with E-state index in [2.05, 4.69) is 5.32 Å². The molecule has 2 N–H and O–H groups in total. The molecule has 2 bridgehead atoms. The third-order valence-electron chi connectivity index (χ3n) is 8.04. The zero-order chi connectivity index (χ0) is 24.8. The molecular weight excluding hydrogens is 448 g/mol. The SMILES string of the molecule is CCOC(=O)[C@H]1[C@H]2C(=O)N(CCCO)C(C(=O)Nc3ccc4ccccc4c3)C23CC[C@]1(CC)O3. The van der Waals surface area contributed by atoms with Crippen LogP contribution in [-0.4, -0.2) is 64.8 Å². The molecule has 0 radical (unpaired) electrons. The Morgan fingerprint density at radius 3 is 2.66 bits per heavy atom. The molecule has 2 amide bonds. The third kappa shape index (κ3) is 3.53. The Morgan fingerprint density at radius 1 is 1.17 bits per heavy atom. The van der Waals surface area contributed by atoms with Gasteiger partial charge in [-0.25, -0.2) is 0 Å². The highest BCUT2D eigenvalue weighted by atomic mass is 16.6. The minimum Gasteiger partial charge on any atom is -0.466 e. The van der Waals surface area contributed by atoms with Crippen LogP contribution in [0.15, 0.2) is 42.5 Å². The summed E-state index contributed by atoms with van der Waals surface area (Å²) in [5.74, 6) is -2.58. The molecule has 8 heteroatoms. The van der Waals surface area contributed by atoms with Crippen molar-refractivity contribution in [3.63, 3.8) is 0 Å². The predicted molar refractivity (Wildman–Crippen MR) is 129 cm³/mol. The van der Waals surface area contributed by atoms with E-state index in [0.717, 1.165) is 10.8 Å². The number of fused-ring (bicyclic) bond motifs is 2. The summed E-state index contributed by atoms with van der Waals surface area (Å²) in [6.07, 6.45) is 1.98. The van der Waals surface area contributed by atoms with Crippen LogP contribution >= 0.6 is 0 Å². The lowest BCUT2D eigenvalue weighted by molar-refractivity contribution is -0.160. The smallest absolute Gasteiger partial charge is 0.312 e. The zero-order valence-electron chi connectivity index (χ0n) is 20.2. The van der Waals surface area contributed by atoms with Gasteiger partial charge in [-0.15, -0.1) is 0 Å². The topological polar surface area (TPSA) is 105 Å². The molecule has 5 atom stereocenters. The first kappa shape index (κ1) is 23.8. The number of nitrogens with one attached hydrogen (secondary N) is 1. The van der Waals surface area contributed by atoms with Crippen LogP contribution in [0.25, 0.3) is 10.8 Å². The molecule has 8 nitrogen and oxygen atoms in total. The van der Waals surface area contributed by atoms with E-state index >= 15 is 0 Å². The molecule has 1 spiro atoms. The van der Waals surface area contributed by atoms with Crippen LogP contribution in [0.5, 0.6) is 0 Å². The Kier molecular flexibility index (Phi) is 6.05. The third-order valence-corrected chi connectivity index (χ3v) is 8.04. The fourth-order valence-electron chi connectivity index (χ4n) is 6.57. The number of hydrogen-bond donors (Lipinski definition) is 2. The maximum atomic E-state index is 13.8. The molecule has 5 rings (SSSR count). The average Bonchev–Trinajstić information content (AvgIpc) is 3.46. The van der Waals surface area contributed by atoms with E-state index < -0.39 is 35.0 Å². The number of aliphatic hydroxyl groups excluding tert-OH is 1. The first-order valence-electron chi connectivity index (χ1n) is 12.5. The van der Waals surface area contributed by atoms with Crippen molar-refractivity contribution < 1.29 is 29.0 Å². The first-order chi connectivity index (χ1) is 16.9. The van der Waals surface area contributed by atoms with Gasteiger partial charge in [0.15, 0.2) is 0 Å². The van der Waals surface area contributed by atoms with Crippen molar-refractivity contribution in [3.05, 3.63) is 42.5 Å². The van der Waals surface area contributed by atoms with Gasteiger partial charge in [0.1, 0.15) is 17.6 Å². The Morgan fingerprint density at radius 2 is 1.94 bits per heavy atom. The van der Waals surface area contributed by atoms with Crippen molar-refractivity contribution in [1.29, 1.82) is 0 Å². The molecule has 2 unspecified atom stereocenters. The van der Waals surface area contributed by atoms with E-state index in [4.69, 9.17) is 9.47 Å². The van der Waals surface area contributed by atoms with E-state index in [9.17, 15) is 19.5 Å². The molecule has 3 heterocycles. The average molecular weight is 481 g/mol. The Labute approximate surface area is 204 Å². The second-order valence-corrected chi connectivity index (χ2v) is 9.75. The van der Waals surface area contributed by atoms with Gasteiger partial charge in [-0.2, -0.15) is 0 Å². The first-order valence-corrected chi connectivity index (χ1v) is 12.5. The van der Waals surface area contributed by atoms with Crippen LogP contribution in [0.3, 0.4) is 0 Å². The second kappa shape index (κ2) is 8.91. The number of ether oxygens (including phenoxy) is 2. The van der Waals surface area contributed by atoms with E-state index in [1.54, 1.807) is 6.92 Å². The van der Waals surface area contributed by atoms with Gasteiger partial charge in [0.25, 0.3) is 0 Å². The van der Waals surface area contributed by atoms with Crippen LogP contribution in [0.2, 0.25) is 0 Å². The second-order valence-electron chi connectivity index (χ2n) is 9.75. The molecule has 0 aliphatic carbocycles. The number of carbonyl (C=O) groups is 3. The van der Waals surface area contributed by atoms with Crippen molar-refractivity contribution in [3.8, 4) is 0 Å². The normalized spacial score (nSPS) is 31.1. The molecule has 3 saturated heterocycles. The van der Waals surface area contributed by atoms with Gasteiger partial charge in [-0.3, -0.25) is 14.4 Å². The minimum absolute atomic E-state index is 0.110. The fourth-order valence-corrected chi connectivity index (χ4v) is 6.57. The summed E-state index contributed by atoms with van der Waals surface area (Å²) in [5.41, 5.74) is -1.28. The molecule has 35 heavy (non-hydrogen) atoms. The van der Waals surface area contributed by atoms with Crippen molar-refractivity contribution >= 4 is 34.2 Å². The molecule has 0 aromatic heterocycles. The lowest BCUT2D eigenvalue weighted by atomic mass is 9.65. The van der Waals surface area contributed by atoms with E-state index in [1.165, 1.54) is 4.90 Å². The highest BCUT2D eigenvalue weighted by Gasteiger charge is 2.78. The summed E-state index contributed by atoms with van der Waals surface area (Å²) < 4.78 is 12.0. The van der Waals surface area contributed by atoms with Gasteiger partial charge in [-0.05, 0) is 55.5 Å². The number of rotatable bonds is 8. The van der Waals surface area contributed by atoms with Crippen LogP contribution in [-0.2, 0) is 23.9 Å².